The molecule has 3 rings (SSSR count). The van der Waals surface area contributed by atoms with Crippen molar-refractivity contribution in [3.05, 3.63) is 65.0 Å². The van der Waals surface area contributed by atoms with Crippen molar-refractivity contribution in [1.82, 2.24) is 0 Å². The second-order valence-electron chi connectivity index (χ2n) is 5.94. The quantitative estimate of drug-likeness (QED) is 0.601. The summed E-state index contributed by atoms with van der Waals surface area (Å²) in [6.45, 7) is 3.84. The van der Waals surface area contributed by atoms with Crippen LogP contribution in [0.2, 0.25) is 0 Å². The van der Waals surface area contributed by atoms with Gasteiger partial charge < -0.3 is 4.90 Å². The summed E-state index contributed by atoms with van der Waals surface area (Å²) in [6.07, 6.45) is 3.97. The maximum atomic E-state index is 14.4. The minimum Gasteiger partial charge on any atom is -0.369 e. The smallest absolute Gasteiger partial charge is 0.147 e. The molecule has 1 heterocycles. The molecule has 1 aliphatic heterocycles. The van der Waals surface area contributed by atoms with E-state index in [1.807, 2.05) is 43.3 Å². The van der Waals surface area contributed by atoms with Crippen molar-refractivity contribution < 1.29 is 4.39 Å². The van der Waals surface area contributed by atoms with E-state index >= 15 is 0 Å². The Morgan fingerprint density at radius 1 is 1.13 bits per heavy atom. The zero-order valence-corrected chi connectivity index (χ0v) is 13.2. The van der Waals surface area contributed by atoms with Crippen molar-refractivity contribution in [2.75, 3.05) is 18.0 Å². The number of hydrogen-bond donors (Lipinski definition) is 0. The molecular weight excluding hydrogens is 287 g/mol. The van der Waals surface area contributed by atoms with Gasteiger partial charge in [0.25, 0.3) is 0 Å². The number of halogens is 1. The second kappa shape index (κ2) is 6.66. The van der Waals surface area contributed by atoms with Crippen LogP contribution in [0.5, 0.6) is 0 Å². The Bertz CT molecular complexity index is 763. The normalized spacial score (nSPS) is 14.8. The maximum absolute atomic E-state index is 14.4. The van der Waals surface area contributed by atoms with Crippen molar-refractivity contribution in [2.24, 2.45) is 0 Å². The van der Waals surface area contributed by atoms with Crippen LogP contribution in [-0.4, -0.2) is 13.1 Å². The highest BCUT2D eigenvalue weighted by Gasteiger charge is 2.16. The number of rotatable bonds is 3. The molecule has 0 saturated carbocycles. The summed E-state index contributed by atoms with van der Waals surface area (Å²) >= 11 is 0. The average Bonchev–Trinajstić information content (AvgIpc) is 3.08. The third-order valence-electron chi connectivity index (χ3n) is 4.21. The first-order valence-electron chi connectivity index (χ1n) is 7.91. The Morgan fingerprint density at radius 3 is 2.43 bits per heavy atom. The number of hydrogen-bond acceptors (Lipinski definition) is 2. The number of anilines is 1. The Hall–Kier alpha value is -2.60. The molecule has 0 aliphatic carbocycles. The largest absolute Gasteiger partial charge is 0.369 e. The molecule has 23 heavy (non-hydrogen) atoms. The van der Waals surface area contributed by atoms with E-state index in [9.17, 15) is 9.65 Å². The molecule has 1 saturated heterocycles. The summed E-state index contributed by atoms with van der Waals surface area (Å²) in [5, 5.41) is 9.39. The van der Waals surface area contributed by atoms with Gasteiger partial charge in [-0.1, -0.05) is 35.9 Å². The summed E-state index contributed by atoms with van der Waals surface area (Å²) in [4.78, 5) is 2.08. The Kier molecular flexibility index (Phi) is 4.43. The SMILES string of the molecule is Cc1ccc(/C(C#N)=C\c2ccc(N3CCCC3)c(F)c2)cc1. The fourth-order valence-corrected chi connectivity index (χ4v) is 2.91. The summed E-state index contributed by atoms with van der Waals surface area (Å²) in [5.41, 5.74) is 3.91. The summed E-state index contributed by atoms with van der Waals surface area (Å²) in [5.74, 6) is -0.221. The Balaban J connectivity index is 1.90. The minimum atomic E-state index is -0.221. The van der Waals surface area contributed by atoms with Gasteiger partial charge in [0, 0.05) is 13.1 Å². The zero-order valence-electron chi connectivity index (χ0n) is 13.2. The molecule has 0 amide bonds. The van der Waals surface area contributed by atoms with E-state index in [0.717, 1.165) is 37.1 Å². The van der Waals surface area contributed by atoms with Gasteiger partial charge >= 0.3 is 0 Å². The highest BCUT2D eigenvalue weighted by atomic mass is 19.1. The predicted octanol–water partition coefficient (Wildman–Crippen LogP) is 4.80. The molecule has 0 bridgehead atoms. The van der Waals surface area contributed by atoms with Gasteiger partial charge in [0.15, 0.2) is 0 Å². The molecule has 0 radical (unpaired) electrons. The van der Waals surface area contributed by atoms with E-state index in [0.29, 0.717) is 16.8 Å². The van der Waals surface area contributed by atoms with Crippen molar-refractivity contribution in [1.29, 1.82) is 5.26 Å². The fraction of sp³-hybridized carbons (Fsp3) is 0.250. The van der Waals surface area contributed by atoms with Crippen molar-refractivity contribution in [3.63, 3.8) is 0 Å². The van der Waals surface area contributed by atoms with E-state index < -0.39 is 0 Å². The Labute approximate surface area is 136 Å². The monoisotopic (exact) mass is 306 g/mol. The minimum absolute atomic E-state index is 0.221. The van der Waals surface area contributed by atoms with Gasteiger partial charge in [-0.15, -0.1) is 0 Å². The number of allylic oxidation sites excluding steroid dienone is 1. The molecule has 0 aromatic heterocycles. The zero-order chi connectivity index (χ0) is 16.2. The molecule has 2 aromatic carbocycles. The maximum Gasteiger partial charge on any atom is 0.147 e. The number of aryl methyl sites for hydroxylation is 1. The lowest BCUT2D eigenvalue weighted by Gasteiger charge is -2.18. The second-order valence-corrected chi connectivity index (χ2v) is 5.94. The number of nitrogens with zero attached hydrogens (tertiary/aromatic N) is 2. The number of benzene rings is 2. The van der Waals surface area contributed by atoms with E-state index in [-0.39, 0.29) is 5.82 Å². The van der Waals surface area contributed by atoms with Crippen LogP contribution in [0.3, 0.4) is 0 Å². The van der Waals surface area contributed by atoms with E-state index in [4.69, 9.17) is 0 Å². The lowest BCUT2D eigenvalue weighted by Crippen LogP contribution is -2.18. The molecule has 1 fully saturated rings. The van der Waals surface area contributed by atoms with E-state index in [1.165, 1.54) is 6.07 Å². The van der Waals surface area contributed by atoms with Crippen LogP contribution in [0.25, 0.3) is 11.6 Å². The number of nitriles is 1. The summed E-state index contributed by atoms with van der Waals surface area (Å²) in [7, 11) is 0. The van der Waals surface area contributed by atoms with Crippen molar-refractivity contribution in [3.8, 4) is 6.07 Å². The third kappa shape index (κ3) is 3.43. The summed E-state index contributed by atoms with van der Waals surface area (Å²) < 4.78 is 14.4. The first-order valence-corrected chi connectivity index (χ1v) is 7.91. The van der Waals surface area contributed by atoms with Gasteiger partial charge in [0.05, 0.1) is 17.3 Å². The molecular formula is C20H19FN2. The van der Waals surface area contributed by atoms with Gasteiger partial charge in [-0.2, -0.15) is 5.26 Å². The molecule has 2 aromatic rings. The van der Waals surface area contributed by atoms with Gasteiger partial charge in [-0.3, -0.25) is 0 Å². The van der Waals surface area contributed by atoms with Crippen LogP contribution < -0.4 is 4.90 Å². The lowest BCUT2D eigenvalue weighted by molar-refractivity contribution is 0.623. The molecule has 0 spiro atoms. The molecule has 0 atom stereocenters. The van der Waals surface area contributed by atoms with Crippen LogP contribution in [-0.2, 0) is 0 Å². The Morgan fingerprint density at radius 2 is 1.83 bits per heavy atom. The standard InChI is InChI=1S/C20H19FN2/c1-15-4-7-17(8-5-15)18(14-22)12-16-6-9-20(19(21)13-16)23-10-2-3-11-23/h4-9,12-13H,2-3,10-11H2,1H3/b18-12-. The van der Waals surface area contributed by atoms with Crippen LogP contribution in [0.15, 0.2) is 42.5 Å². The molecule has 3 heteroatoms. The van der Waals surface area contributed by atoms with Gasteiger partial charge in [0.1, 0.15) is 5.82 Å². The van der Waals surface area contributed by atoms with Crippen LogP contribution in [0.1, 0.15) is 29.5 Å². The molecule has 2 nitrogen and oxygen atoms in total. The first-order chi connectivity index (χ1) is 11.2. The topological polar surface area (TPSA) is 27.0 Å². The van der Waals surface area contributed by atoms with Gasteiger partial charge in [0.2, 0.25) is 0 Å². The molecule has 0 unspecified atom stereocenters. The predicted molar refractivity (Wildman–Crippen MR) is 92.5 cm³/mol. The van der Waals surface area contributed by atoms with E-state index in [1.54, 1.807) is 6.08 Å². The molecule has 0 N–H and O–H groups in total. The van der Waals surface area contributed by atoms with Gasteiger partial charge in [-0.25, -0.2) is 4.39 Å². The van der Waals surface area contributed by atoms with Crippen molar-refractivity contribution in [2.45, 2.75) is 19.8 Å². The fourth-order valence-electron chi connectivity index (χ4n) is 2.91. The van der Waals surface area contributed by atoms with Crippen LogP contribution in [0, 0.1) is 24.1 Å². The highest BCUT2D eigenvalue weighted by molar-refractivity contribution is 5.89. The van der Waals surface area contributed by atoms with E-state index in [2.05, 4.69) is 11.0 Å². The van der Waals surface area contributed by atoms with Crippen molar-refractivity contribution >= 4 is 17.3 Å². The first kappa shape index (κ1) is 15.3. The average molecular weight is 306 g/mol. The molecule has 1 aliphatic rings. The molecule has 116 valence electrons. The lowest BCUT2D eigenvalue weighted by atomic mass is 10.0. The van der Waals surface area contributed by atoms with Gasteiger partial charge in [-0.05, 0) is 49.1 Å². The summed E-state index contributed by atoms with van der Waals surface area (Å²) in [6, 6.07) is 15.2. The van der Waals surface area contributed by atoms with Crippen LogP contribution >= 0.6 is 0 Å². The highest BCUT2D eigenvalue weighted by Crippen LogP contribution is 2.26. The van der Waals surface area contributed by atoms with Crippen LogP contribution in [0.4, 0.5) is 10.1 Å². The third-order valence-corrected chi connectivity index (χ3v) is 4.21.